The minimum absolute atomic E-state index is 1.06. The molecule has 1 heterocycles. The highest BCUT2D eigenvalue weighted by Gasteiger charge is 2.15. The molecule has 0 saturated carbocycles. The normalized spacial score (nSPS) is 11.7. The smallest absolute Gasteiger partial charge is 0.119 e. The van der Waals surface area contributed by atoms with Crippen LogP contribution in [-0.2, 0) is 0 Å². The highest BCUT2D eigenvalue weighted by Crippen LogP contribution is 2.42. The largest absolute Gasteiger partial charge is 0.253 e. The van der Waals surface area contributed by atoms with E-state index in [4.69, 9.17) is 0 Å². The van der Waals surface area contributed by atoms with Crippen molar-refractivity contribution in [1.29, 1.82) is 0 Å². The molecule has 0 spiro atoms. The van der Waals surface area contributed by atoms with Crippen LogP contribution in [0.4, 0.5) is 5.00 Å². The Morgan fingerprint density at radius 2 is 1.77 bits per heavy atom. The summed E-state index contributed by atoms with van der Waals surface area (Å²) < 4.78 is 1.42. The molecule has 1 rings (SSSR count). The van der Waals surface area contributed by atoms with E-state index >= 15 is 0 Å². The Labute approximate surface area is 84.5 Å². The van der Waals surface area contributed by atoms with Crippen molar-refractivity contribution in [2.45, 2.75) is 13.8 Å². The summed E-state index contributed by atoms with van der Waals surface area (Å²) >= 11 is 1.75. The predicted octanol–water partition coefficient (Wildman–Crippen LogP) is 3.03. The lowest BCUT2D eigenvalue weighted by Crippen LogP contribution is -2.00. The first-order chi connectivity index (χ1) is 5.88. The number of thiophene rings is 1. The maximum Gasteiger partial charge on any atom is 0.119 e. The molecule has 0 aromatic carbocycles. The zero-order chi connectivity index (χ0) is 10.2. The Bertz CT molecular complexity index is 384. The first kappa shape index (κ1) is 10.7. The predicted molar refractivity (Wildman–Crippen MR) is 68.5 cm³/mol. The summed E-state index contributed by atoms with van der Waals surface area (Å²) in [4.78, 5) is 4.02. The summed E-state index contributed by atoms with van der Waals surface area (Å²) in [6.07, 6.45) is 4.25. The summed E-state index contributed by atoms with van der Waals surface area (Å²) in [6.45, 7) is 11.2. The number of hydrogen-bond acceptors (Lipinski definition) is 2. The molecule has 0 aliphatic rings. The summed E-state index contributed by atoms with van der Waals surface area (Å²) in [7, 11) is 0. The molecule has 0 atom stereocenters. The molecule has 0 aliphatic heterocycles. The van der Waals surface area contributed by atoms with E-state index < -0.39 is 6.89 Å². The molecular weight excluding hydrogens is 197 g/mol. The van der Waals surface area contributed by atoms with Gasteiger partial charge in [-0.05, 0) is 45.0 Å². The van der Waals surface area contributed by atoms with Gasteiger partial charge in [0.15, 0.2) is 0 Å². The summed E-state index contributed by atoms with van der Waals surface area (Å²) in [5, 5.41) is 1.06. The lowest BCUT2D eigenvalue weighted by atomic mass is 10.2. The number of nitrogens with zero attached hydrogens (tertiary/aromatic N) is 1. The molecular formula is C10H16NPS. The van der Waals surface area contributed by atoms with E-state index in [1.807, 2.05) is 0 Å². The monoisotopic (exact) mass is 213 g/mol. The standard InChI is InChI=1S/C10H16NPS/c1-7-8(2)10(12(4,5)6)13-9(7)11-3/h3-4H2,1-2,5-6H3. The van der Waals surface area contributed by atoms with E-state index in [9.17, 15) is 0 Å². The molecule has 0 aliphatic carbocycles. The highest BCUT2D eigenvalue weighted by atomic mass is 32.1. The number of aliphatic imine (C=N–C) groups is 1. The Morgan fingerprint density at radius 1 is 1.23 bits per heavy atom. The van der Waals surface area contributed by atoms with Crippen LogP contribution in [0.25, 0.3) is 0 Å². The molecule has 0 saturated heterocycles. The van der Waals surface area contributed by atoms with E-state index in [1.165, 1.54) is 15.7 Å². The molecule has 0 radical (unpaired) electrons. The van der Waals surface area contributed by atoms with Crippen molar-refractivity contribution in [1.82, 2.24) is 0 Å². The van der Waals surface area contributed by atoms with Gasteiger partial charge in [-0.1, -0.05) is 13.2 Å². The van der Waals surface area contributed by atoms with Crippen LogP contribution in [0.2, 0.25) is 0 Å². The molecule has 0 bridgehead atoms. The summed E-state index contributed by atoms with van der Waals surface area (Å²) in [5.41, 5.74) is 2.63. The summed E-state index contributed by atoms with van der Waals surface area (Å²) in [5.74, 6) is 0. The Balaban J connectivity index is 3.42. The van der Waals surface area contributed by atoms with Gasteiger partial charge in [-0.15, -0.1) is 11.3 Å². The average molecular weight is 213 g/mol. The molecule has 1 aromatic heterocycles. The SMILES string of the molecule is C=Nc1sc(P(=C)(C)C)c(C)c1C. The van der Waals surface area contributed by atoms with Crippen molar-refractivity contribution in [3.05, 3.63) is 11.1 Å². The van der Waals surface area contributed by atoms with Gasteiger partial charge in [0.1, 0.15) is 5.00 Å². The summed E-state index contributed by atoms with van der Waals surface area (Å²) in [6, 6.07) is 0. The van der Waals surface area contributed by atoms with Gasteiger partial charge >= 0.3 is 0 Å². The van der Waals surface area contributed by atoms with Crippen molar-refractivity contribution in [2.75, 3.05) is 13.3 Å². The third-order valence-corrected chi connectivity index (χ3v) is 6.41. The third-order valence-electron chi connectivity index (χ3n) is 2.09. The fourth-order valence-corrected chi connectivity index (χ4v) is 4.48. The molecule has 0 unspecified atom stereocenters. The van der Waals surface area contributed by atoms with Gasteiger partial charge < -0.3 is 0 Å². The quantitative estimate of drug-likeness (QED) is 0.529. The Morgan fingerprint density at radius 3 is 2.00 bits per heavy atom. The van der Waals surface area contributed by atoms with Crippen LogP contribution in [0, 0.1) is 13.8 Å². The van der Waals surface area contributed by atoms with Gasteiger partial charge in [0.2, 0.25) is 0 Å². The molecule has 3 heteroatoms. The number of rotatable bonds is 2. The van der Waals surface area contributed by atoms with Crippen LogP contribution in [0.5, 0.6) is 0 Å². The molecule has 72 valence electrons. The Hall–Kier alpha value is -0.330. The second-order valence-electron chi connectivity index (χ2n) is 3.81. The van der Waals surface area contributed by atoms with Crippen LogP contribution in [-0.4, -0.2) is 26.3 Å². The van der Waals surface area contributed by atoms with Crippen LogP contribution in [0.1, 0.15) is 11.1 Å². The topological polar surface area (TPSA) is 12.4 Å². The van der Waals surface area contributed by atoms with E-state index in [0.29, 0.717) is 0 Å². The second kappa shape index (κ2) is 3.43. The highest BCUT2D eigenvalue weighted by molar-refractivity contribution is 7.84. The first-order valence-corrected chi connectivity index (χ1v) is 7.82. The van der Waals surface area contributed by atoms with Crippen molar-refractivity contribution in [3.63, 3.8) is 0 Å². The van der Waals surface area contributed by atoms with Crippen LogP contribution in [0.15, 0.2) is 4.99 Å². The van der Waals surface area contributed by atoms with Crippen LogP contribution < -0.4 is 4.62 Å². The second-order valence-corrected chi connectivity index (χ2v) is 8.92. The number of hydrogen-bond donors (Lipinski definition) is 0. The Kier molecular flexibility index (Phi) is 2.84. The maximum atomic E-state index is 4.25. The fourth-order valence-electron chi connectivity index (χ4n) is 1.29. The van der Waals surface area contributed by atoms with Crippen LogP contribution >= 0.6 is 18.2 Å². The van der Waals surface area contributed by atoms with E-state index in [1.54, 1.807) is 11.3 Å². The van der Waals surface area contributed by atoms with Crippen molar-refractivity contribution < 1.29 is 0 Å². The molecule has 0 fully saturated rings. The zero-order valence-corrected chi connectivity index (χ0v) is 10.4. The molecule has 1 aromatic rings. The van der Waals surface area contributed by atoms with Gasteiger partial charge in [0, 0.05) is 4.62 Å². The third kappa shape index (κ3) is 1.95. The van der Waals surface area contributed by atoms with E-state index in [0.717, 1.165) is 5.00 Å². The van der Waals surface area contributed by atoms with Crippen molar-refractivity contribution in [3.8, 4) is 0 Å². The van der Waals surface area contributed by atoms with Crippen molar-refractivity contribution in [2.24, 2.45) is 4.99 Å². The van der Waals surface area contributed by atoms with Gasteiger partial charge in [-0.25, -0.2) is 0 Å². The molecule has 0 amide bonds. The minimum Gasteiger partial charge on any atom is -0.253 e. The minimum atomic E-state index is -1.14. The van der Waals surface area contributed by atoms with Crippen LogP contribution in [0.3, 0.4) is 0 Å². The van der Waals surface area contributed by atoms with E-state index in [-0.39, 0.29) is 0 Å². The van der Waals surface area contributed by atoms with Gasteiger partial charge in [-0.2, -0.15) is 0 Å². The van der Waals surface area contributed by atoms with Gasteiger partial charge in [0.05, 0.1) is 0 Å². The fraction of sp³-hybridized carbons (Fsp3) is 0.400. The lowest BCUT2D eigenvalue weighted by molar-refractivity contribution is 1.40. The maximum absolute atomic E-state index is 4.25. The van der Waals surface area contributed by atoms with E-state index in [2.05, 4.69) is 45.2 Å². The average Bonchev–Trinajstić information content (AvgIpc) is 2.28. The molecule has 1 nitrogen and oxygen atoms in total. The van der Waals surface area contributed by atoms with Gasteiger partial charge in [0.25, 0.3) is 0 Å². The molecule has 13 heavy (non-hydrogen) atoms. The van der Waals surface area contributed by atoms with Crippen molar-refractivity contribution >= 4 is 40.9 Å². The first-order valence-electron chi connectivity index (χ1n) is 4.13. The molecule has 0 N–H and O–H groups in total. The lowest BCUT2D eigenvalue weighted by Gasteiger charge is -2.10. The van der Waals surface area contributed by atoms with Gasteiger partial charge in [-0.3, -0.25) is 4.99 Å². The zero-order valence-electron chi connectivity index (χ0n) is 8.72.